The van der Waals surface area contributed by atoms with E-state index in [-0.39, 0.29) is 0 Å². The molecule has 0 saturated carbocycles. The second-order valence-electron chi connectivity index (χ2n) is 6.23. The van der Waals surface area contributed by atoms with E-state index in [0.29, 0.717) is 12.4 Å². The Morgan fingerprint density at radius 1 is 1.00 bits per heavy atom. The lowest BCUT2D eigenvalue weighted by Crippen LogP contribution is -2.17. The van der Waals surface area contributed by atoms with E-state index in [1.807, 2.05) is 54.6 Å². The van der Waals surface area contributed by atoms with Crippen molar-refractivity contribution < 1.29 is 9.84 Å². The first-order valence-electron chi connectivity index (χ1n) is 7.42. The molecule has 0 fully saturated rings. The van der Waals surface area contributed by atoms with Crippen molar-refractivity contribution in [3.05, 3.63) is 65.7 Å². The number of hydrogen-bond donors (Lipinski definition) is 1. The van der Waals surface area contributed by atoms with E-state index in [4.69, 9.17) is 4.74 Å². The van der Waals surface area contributed by atoms with Crippen LogP contribution in [0.2, 0.25) is 19.6 Å². The fourth-order valence-electron chi connectivity index (χ4n) is 1.94. The van der Waals surface area contributed by atoms with E-state index in [1.54, 1.807) is 0 Å². The third-order valence-electron chi connectivity index (χ3n) is 3.03. The third-order valence-corrected chi connectivity index (χ3v) is 3.93. The second kappa shape index (κ2) is 7.30. The Morgan fingerprint density at radius 3 is 2.32 bits per heavy atom. The summed E-state index contributed by atoms with van der Waals surface area (Å²) in [5, 5.41) is 10.3. The maximum Gasteiger partial charge on any atom is 0.143 e. The van der Waals surface area contributed by atoms with Crippen LogP contribution in [0.4, 0.5) is 0 Å². The molecule has 2 rings (SSSR count). The molecule has 1 atom stereocenters. The van der Waals surface area contributed by atoms with E-state index in [2.05, 4.69) is 31.1 Å². The molecule has 0 heterocycles. The van der Waals surface area contributed by atoms with Crippen LogP contribution in [0.1, 0.15) is 17.2 Å². The van der Waals surface area contributed by atoms with Gasteiger partial charge in [-0.1, -0.05) is 74.1 Å². The normalized spacial score (nSPS) is 12.2. The molecule has 22 heavy (non-hydrogen) atoms. The lowest BCUT2D eigenvalue weighted by atomic mass is 10.1. The summed E-state index contributed by atoms with van der Waals surface area (Å²) in [4.78, 5) is 0. The Labute approximate surface area is 133 Å². The Balaban J connectivity index is 2.14. The first-order valence-corrected chi connectivity index (χ1v) is 10.9. The summed E-state index contributed by atoms with van der Waals surface area (Å²) in [5.74, 6) is 3.65. The van der Waals surface area contributed by atoms with E-state index in [0.717, 1.165) is 11.1 Å². The fraction of sp³-hybridized carbons (Fsp3) is 0.263. The molecular weight excluding hydrogens is 288 g/mol. The van der Waals surface area contributed by atoms with Crippen LogP contribution in [0.3, 0.4) is 0 Å². The van der Waals surface area contributed by atoms with Gasteiger partial charge in [0.2, 0.25) is 0 Å². The highest BCUT2D eigenvalue weighted by Gasteiger charge is 2.13. The summed E-state index contributed by atoms with van der Waals surface area (Å²) in [6, 6.07) is 17.5. The van der Waals surface area contributed by atoms with Crippen LogP contribution in [0.5, 0.6) is 5.75 Å². The van der Waals surface area contributed by atoms with Crippen molar-refractivity contribution in [3.63, 3.8) is 0 Å². The average Bonchev–Trinajstić information content (AvgIpc) is 2.51. The third kappa shape index (κ3) is 5.07. The van der Waals surface area contributed by atoms with E-state index in [9.17, 15) is 5.11 Å². The molecule has 0 aliphatic carbocycles. The summed E-state index contributed by atoms with van der Waals surface area (Å²) in [7, 11) is -1.50. The van der Waals surface area contributed by atoms with Gasteiger partial charge >= 0.3 is 0 Å². The predicted molar refractivity (Wildman–Crippen MR) is 93.3 cm³/mol. The van der Waals surface area contributed by atoms with Crippen molar-refractivity contribution in [2.24, 2.45) is 0 Å². The second-order valence-corrected chi connectivity index (χ2v) is 11.0. The highest BCUT2D eigenvalue weighted by molar-refractivity contribution is 6.83. The quantitative estimate of drug-likeness (QED) is 0.678. The zero-order valence-corrected chi connectivity index (χ0v) is 14.3. The van der Waals surface area contributed by atoms with Gasteiger partial charge < -0.3 is 9.84 Å². The van der Waals surface area contributed by atoms with Crippen molar-refractivity contribution >= 4 is 8.07 Å². The van der Waals surface area contributed by atoms with Crippen LogP contribution < -0.4 is 4.74 Å². The van der Waals surface area contributed by atoms with Crippen LogP contribution in [0, 0.1) is 11.5 Å². The van der Waals surface area contributed by atoms with Gasteiger partial charge in [0.05, 0.1) is 0 Å². The molecular formula is C19H22O2Si. The predicted octanol–water partition coefficient (Wildman–Crippen LogP) is 4.18. The smallest absolute Gasteiger partial charge is 0.143 e. The standard InChI is InChI=1S/C19H22O2Si/c1-22(2,3)14-13-18(20)17-11-7-8-12-19(17)21-15-16-9-5-4-6-10-16/h4-12,18,20H,15H2,1-3H3. The molecule has 3 heteroatoms. The molecule has 0 radical (unpaired) electrons. The summed E-state index contributed by atoms with van der Waals surface area (Å²) >= 11 is 0. The molecule has 0 aromatic heterocycles. The molecule has 0 bridgehead atoms. The highest BCUT2D eigenvalue weighted by Crippen LogP contribution is 2.25. The van der Waals surface area contributed by atoms with Gasteiger partial charge in [-0.15, -0.1) is 5.54 Å². The number of aliphatic hydroxyl groups is 1. The molecule has 0 saturated heterocycles. The van der Waals surface area contributed by atoms with Gasteiger partial charge in [0.1, 0.15) is 26.5 Å². The zero-order chi connectivity index (χ0) is 16.0. The minimum Gasteiger partial charge on any atom is -0.488 e. The van der Waals surface area contributed by atoms with Gasteiger partial charge in [-0.05, 0) is 11.6 Å². The number of ether oxygens (including phenoxy) is 1. The van der Waals surface area contributed by atoms with Crippen molar-refractivity contribution in [3.8, 4) is 17.2 Å². The van der Waals surface area contributed by atoms with Crippen molar-refractivity contribution in [2.45, 2.75) is 32.4 Å². The molecule has 2 aromatic rings. The van der Waals surface area contributed by atoms with Crippen LogP contribution in [-0.2, 0) is 6.61 Å². The first-order chi connectivity index (χ1) is 10.5. The molecule has 0 aliphatic heterocycles. The molecule has 2 nitrogen and oxygen atoms in total. The van der Waals surface area contributed by atoms with Crippen LogP contribution >= 0.6 is 0 Å². The van der Waals surface area contributed by atoms with Gasteiger partial charge in [-0.2, -0.15) is 0 Å². The maximum absolute atomic E-state index is 10.3. The van der Waals surface area contributed by atoms with Crippen LogP contribution in [0.25, 0.3) is 0 Å². The van der Waals surface area contributed by atoms with Crippen LogP contribution in [0.15, 0.2) is 54.6 Å². The van der Waals surface area contributed by atoms with Gasteiger partial charge in [-0.3, -0.25) is 0 Å². The monoisotopic (exact) mass is 310 g/mol. The molecule has 2 aromatic carbocycles. The summed E-state index contributed by atoms with van der Waals surface area (Å²) in [5.41, 5.74) is 5.03. The Bertz CT molecular complexity index is 663. The summed E-state index contributed by atoms with van der Waals surface area (Å²) < 4.78 is 5.86. The lowest BCUT2D eigenvalue weighted by molar-refractivity contribution is 0.225. The Kier molecular flexibility index (Phi) is 5.43. The molecule has 0 aliphatic rings. The summed E-state index contributed by atoms with van der Waals surface area (Å²) in [6.07, 6.45) is -0.807. The Hall–Kier alpha value is -2.02. The van der Waals surface area contributed by atoms with Crippen molar-refractivity contribution in [1.82, 2.24) is 0 Å². The van der Waals surface area contributed by atoms with Gasteiger partial charge in [0.25, 0.3) is 0 Å². The van der Waals surface area contributed by atoms with E-state index >= 15 is 0 Å². The molecule has 114 valence electrons. The van der Waals surface area contributed by atoms with E-state index in [1.165, 1.54) is 0 Å². The van der Waals surface area contributed by atoms with Gasteiger partial charge in [-0.25, -0.2) is 0 Å². The fourth-order valence-corrected chi connectivity index (χ4v) is 2.51. The topological polar surface area (TPSA) is 29.5 Å². The van der Waals surface area contributed by atoms with Crippen molar-refractivity contribution in [1.29, 1.82) is 0 Å². The minimum atomic E-state index is -1.50. The van der Waals surface area contributed by atoms with Gasteiger partial charge in [0.15, 0.2) is 0 Å². The van der Waals surface area contributed by atoms with Crippen molar-refractivity contribution in [2.75, 3.05) is 0 Å². The van der Waals surface area contributed by atoms with Gasteiger partial charge in [0, 0.05) is 5.56 Å². The molecule has 0 amide bonds. The van der Waals surface area contributed by atoms with Crippen LogP contribution in [-0.4, -0.2) is 13.2 Å². The SMILES string of the molecule is C[Si](C)(C)C#CC(O)c1ccccc1OCc1ccccc1. The molecule has 1 unspecified atom stereocenters. The largest absolute Gasteiger partial charge is 0.488 e. The average molecular weight is 310 g/mol. The highest BCUT2D eigenvalue weighted by atomic mass is 28.3. The molecule has 1 N–H and O–H groups in total. The number of benzene rings is 2. The first kappa shape index (κ1) is 16.3. The number of hydrogen-bond acceptors (Lipinski definition) is 2. The number of aliphatic hydroxyl groups excluding tert-OH is 1. The number of rotatable bonds is 4. The Morgan fingerprint density at radius 2 is 1.64 bits per heavy atom. The molecule has 0 spiro atoms. The summed E-state index contributed by atoms with van der Waals surface area (Å²) in [6.45, 7) is 6.95. The minimum absolute atomic E-state index is 0.478. The lowest BCUT2D eigenvalue weighted by Gasteiger charge is -2.13. The van der Waals surface area contributed by atoms with E-state index < -0.39 is 14.2 Å². The maximum atomic E-state index is 10.3. The zero-order valence-electron chi connectivity index (χ0n) is 13.3. The number of para-hydroxylation sites is 1.